The summed E-state index contributed by atoms with van der Waals surface area (Å²) in [5.41, 5.74) is 8.59. The lowest BCUT2D eigenvalue weighted by molar-refractivity contribution is 0.844. The van der Waals surface area contributed by atoms with E-state index in [2.05, 4.69) is 15.0 Å². The number of anilines is 2. The average Bonchev–Trinajstić information content (AvgIpc) is 2.81. The average molecular weight is 267 g/mol. The highest BCUT2D eigenvalue weighted by molar-refractivity contribution is 7.98. The molecule has 2 heterocycles. The highest BCUT2D eigenvalue weighted by atomic mass is 32.2. The van der Waals surface area contributed by atoms with Crippen molar-refractivity contribution in [3.05, 3.63) is 22.7 Å². The maximum absolute atomic E-state index is 5.74. The molecule has 2 rings (SSSR count). The number of nitrogens with two attached hydrogens (primary N) is 1. The molecule has 0 aliphatic heterocycles. The quantitative estimate of drug-likeness (QED) is 0.674. The molecule has 0 bridgehead atoms. The minimum absolute atomic E-state index is 0.490. The molecule has 0 atom stereocenters. The van der Waals surface area contributed by atoms with Gasteiger partial charge in [0.1, 0.15) is 11.6 Å². The lowest BCUT2D eigenvalue weighted by Crippen LogP contribution is -2.18. The molecule has 2 N–H and O–H groups in total. The fourth-order valence-corrected chi connectivity index (χ4v) is 2.29. The van der Waals surface area contributed by atoms with Gasteiger partial charge in [-0.05, 0) is 6.26 Å². The Morgan fingerprint density at radius 2 is 2.29 bits per heavy atom. The number of aromatic nitrogens is 3. The van der Waals surface area contributed by atoms with Crippen LogP contribution in [0, 0.1) is 0 Å². The monoisotopic (exact) mass is 267 g/mol. The van der Waals surface area contributed by atoms with E-state index in [-0.39, 0.29) is 0 Å². The molecule has 0 aliphatic rings. The Hall–Kier alpha value is -1.34. The number of nitrogens with zero attached hydrogens (tertiary/aromatic N) is 4. The van der Waals surface area contributed by atoms with Crippen LogP contribution >= 0.6 is 23.1 Å². The second kappa shape index (κ2) is 5.33. The van der Waals surface area contributed by atoms with Gasteiger partial charge in [0.25, 0.3) is 0 Å². The number of rotatable bonds is 4. The molecule has 0 saturated carbocycles. The summed E-state index contributed by atoms with van der Waals surface area (Å²) in [4.78, 5) is 14.8. The molecule has 2 aromatic heterocycles. The van der Waals surface area contributed by atoms with E-state index in [0.717, 1.165) is 11.5 Å². The third-order valence-electron chi connectivity index (χ3n) is 2.17. The maximum Gasteiger partial charge on any atom is 0.191 e. The van der Waals surface area contributed by atoms with Gasteiger partial charge >= 0.3 is 0 Å². The summed E-state index contributed by atoms with van der Waals surface area (Å²) >= 11 is 3.07. The van der Waals surface area contributed by atoms with Crippen molar-refractivity contribution in [1.29, 1.82) is 0 Å². The van der Waals surface area contributed by atoms with E-state index in [9.17, 15) is 0 Å². The van der Waals surface area contributed by atoms with Crippen LogP contribution in [0.15, 0.2) is 22.1 Å². The van der Waals surface area contributed by atoms with Crippen molar-refractivity contribution < 1.29 is 0 Å². The van der Waals surface area contributed by atoms with E-state index < -0.39 is 0 Å². The number of nitrogen functional groups attached to an aromatic ring is 1. The smallest absolute Gasteiger partial charge is 0.191 e. The molecule has 7 heteroatoms. The summed E-state index contributed by atoms with van der Waals surface area (Å²) in [7, 11) is 1.96. The zero-order valence-electron chi connectivity index (χ0n) is 9.62. The zero-order valence-corrected chi connectivity index (χ0v) is 11.3. The van der Waals surface area contributed by atoms with Crippen LogP contribution < -0.4 is 10.6 Å². The van der Waals surface area contributed by atoms with Crippen LogP contribution in [0.2, 0.25) is 0 Å². The Labute approximate surface area is 108 Å². The summed E-state index contributed by atoms with van der Waals surface area (Å²) in [5, 5.41) is 2.71. The number of thiazole rings is 1. The zero-order chi connectivity index (χ0) is 12.3. The Bertz CT molecular complexity index is 485. The van der Waals surface area contributed by atoms with E-state index in [1.807, 2.05) is 29.1 Å². The van der Waals surface area contributed by atoms with Crippen molar-refractivity contribution in [2.75, 3.05) is 23.9 Å². The van der Waals surface area contributed by atoms with Crippen molar-refractivity contribution in [3.63, 3.8) is 0 Å². The van der Waals surface area contributed by atoms with Crippen LogP contribution in [0.25, 0.3) is 0 Å². The lowest BCUT2D eigenvalue weighted by atomic mass is 10.4. The highest BCUT2D eigenvalue weighted by Crippen LogP contribution is 2.19. The number of thioether (sulfide) groups is 1. The molecule has 17 heavy (non-hydrogen) atoms. The summed E-state index contributed by atoms with van der Waals surface area (Å²) in [5.74, 6) is 1.30. The molecule has 0 radical (unpaired) electrons. The standard InChI is InChI=1S/C10H13N5S2/c1-15(4-7-5-17-6-12-7)9-3-8(11)13-10(14-9)16-2/h3,5-6H,4H2,1-2H3,(H2,11,13,14). The maximum atomic E-state index is 5.74. The van der Waals surface area contributed by atoms with E-state index in [0.29, 0.717) is 17.5 Å². The first-order valence-electron chi connectivity index (χ1n) is 4.96. The Morgan fingerprint density at radius 1 is 1.47 bits per heavy atom. The second-order valence-electron chi connectivity index (χ2n) is 3.47. The summed E-state index contributed by atoms with van der Waals surface area (Å²) in [6.07, 6.45) is 1.93. The molecule has 0 saturated heterocycles. The fourth-order valence-electron chi connectivity index (χ4n) is 1.36. The van der Waals surface area contributed by atoms with Crippen LogP contribution in [-0.4, -0.2) is 28.3 Å². The molecule has 0 aromatic carbocycles. The molecule has 90 valence electrons. The molecular weight excluding hydrogens is 254 g/mol. The van der Waals surface area contributed by atoms with E-state index in [4.69, 9.17) is 5.73 Å². The van der Waals surface area contributed by atoms with Crippen molar-refractivity contribution in [2.24, 2.45) is 0 Å². The van der Waals surface area contributed by atoms with E-state index >= 15 is 0 Å². The van der Waals surface area contributed by atoms with Crippen LogP contribution in [0.5, 0.6) is 0 Å². The van der Waals surface area contributed by atoms with Crippen molar-refractivity contribution in [2.45, 2.75) is 11.7 Å². The topological polar surface area (TPSA) is 67.9 Å². The van der Waals surface area contributed by atoms with Crippen LogP contribution in [0.3, 0.4) is 0 Å². The first-order chi connectivity index (χ1) is 8.19. The fraction of sp³-hybridized carbons (Fsp3) is 0.300. The minimum Gasteiger partial charge on any atom is -0.383 e. The predicted octanol–water partition coefficient (Wildman–Crippen LogP) is 1.87. The van der Waals surface area contributed by atoms with Gasteiger partial charge in [0, 0.05) is 18.5 Å². The molecule has 0 aliphatic carbocycles. The van der Waals surface area contributed by atoms with E-state index in [1.54, 1.807) is 17.4 Å². The van der Waals surface area contributed by atoms with E-state index in [1.165, 1.54) is 11.8 Å². The Morgan fingerprint density at radius 3 is 2.94 bits per heavy atom. The lowest BCUT2D eigenvalue weighted by Gasteiger charge is -2.17. The van der Waals surface area contributed by atoms with Gasteiger partial charge < -0.3 is 10.6 Å². The second-order valence-corrected chi connectivity index (χ2v) is 4.97. The molecule has 2 aromatic rings. The van der Waals surface area contributed by atoms with Crippen molar-refractivity contribution in [3.8, 4) is 0 Å². The number of hydrogen-bond acceptors (Lipinski definition) is 7. The molecule has 0 amide bonds. The van der Waals surface area contributed by atoms with Crippen molar-refractivity contribution >= 4 is 34.7 Å². The van der Waals surface area contributed by atoms with Gasteiger partial charge in [-0.25, -0.2) is 15.0 Å². The highest BCUT2D eigenvalue weighted by Gasteiger charge is 2.08. The van der Waals surface area contributed by atoms with Gasteiger partial charge in [0.05, 0.1) is 17.7 Å². The summed E-state index contributed by atoms with van der Waals surface area (Å²) in [6.45, 7) is 0.716. The van der Waals surface area contributed by atoms with Gasteiger partial charge in [0.15, 0.2) is 5.16 Å². The van der Waals surface area contributed by atoms with Gasteiger partial charge in [-0.1, -0.05) is 11.8 Å². The molecule has 0 unspecified atom stereocenters. The molecule has 5 nitrogen and oxygen atoms in total. The normalized spacial score (nSPS) is 10.5. The van der Waals surface area contributed by atoms with Gasteiger partial charge in [-0.2, -0.15) is 0 Å². The molecule has 0 spiro atoms. The number of hydrogen-bond donors (Lipinski definition) is 1. The first-order valence-corrected chi connectivity index (χ1v) is 7.12. The first kappa shape index (κ1) is 12.1. The van der Waals surface area contributed by atoms with Gasteiger partial charge in [-0.15, -0.1) is 11.3 Å². The Kier molecular flexibility index (Phi) is 3.80. The van der Waals surface area contributed by atoms with Gasteiger partial charge in [-0.3, -0.25) is 0 Å². The third-order valence-corrected chi connectivity index (χ3v) is 3.35. The van der Waals surface area contributed by atoms with Crippen molar-refractivity contribution in [1.82, 2.24) is 15.0 Å². The third kappa shape index (κ3) is 3.07. The molecular formula is C10H13N5S2. The van der Waals surface area contributed by atoms with Crippen LogP contribution in [0.4, 0.5) is 11.6 Å². The molecule has 0 fully saturated rings. The predicted molar refractivity (Wildman–Crippen MR) is 72.4 cm³/mol. The van der Waals surface area contributed by atoms with Crippen LogP contribution in [0.1, 0.15) is 5.69 Å². The van der Waals surface area contributed by atoms with Gasteiger partial charge in [0.2, 0.25) is 0 Å². The largest absolute Gasteiger partial charge is 0.383 e. The minimum atomic E-state index is 0.490. The summed E-state index contributed by atoms with van der Waals surface area (Å²) in [6, 6.07) is 1.77. The van der Waals surface area contributed by atoms with Crippen LogP contribution in [-0.2, 0) is 6.54 Å². The Balaban J connectivity index is 2.18. The SMILES string of the molecule is CSc1nc(N)cc(N(C)Cc2cscn2)n1. The summed E-state index contributed by atoms with van der Waals surface area (Å²) < 4.78 is 0.